The van der Waals surface area contributed by atoms with Crippen LogP contribution >= 0.6 is 0 Å². The Morgan fingerprint density at radius 1 is 0.689 bits per heavy atom. The summed E-state index contributed by atoms with van der Waals surface area (Å²) < 4.78 is 0. The van der Waals surface area contributed by atoms with E-state index in [4.69, 9.17) is 10.2 Å². The predicted molar refractivity (Wildman–Crippen MR) is 168 cm³/mol. The van der Waals surface area contributed by atoms with Gasteiger partial charge >= 0.3 is 11.9 Å². The SMILES string of the molecule is Cc1nnc(/C=C/c2ccc(CC(C)C(=O)O)cc2)nn1.Cc1nnc(/C=C/c2ccc3[nH]cc(CC(C)C(=O)O)c3c2)nn1. The second-order valence-corrected chi connectivity index (χ2v) is 10.5. The topological polar surface area (TPSA) is 194 Å². The average Bonchev–Trinajstić information content (AvgIpc) is 3.43. The number of hydrogen-bond acceptors (Lipinski definition) is 10. The minimum atomic E-state index is -0.795. The third-order valence-electron chi connectivity index (χ3n) is 6.72. The highest BCUT2D eigenvalue weighted by Gasteiger charge is 2.14. The molecule has 230 valence electrons. The van der Waals surface area contributed by atoms with Crippen molar-refractivity contribution in [1.29, 1.82) is 0 Å². The highest BCUT2D eigenvalue weighted by Crippen LogP contribution is 2.23. The molecule has 0 saturated carbocycles. The monoisotopic (exact) mass is 607 g/mol. The van der Waals surface area contributed by atoms with Gasteiger partial charge in [-0.05, 0) is 73.2 Å². The number of nitrogens with zero attached hydrogens (tertiary/aromatic N) is 8. The molecule has 2 atom stereocenters. The van der Waals surface area contributed by atoms with Gasteiger partial charge in [-0.3, -0.25) is 9.59 Å². The molecule has 0 fully saturated rings. The summed E-state index contributed by atoms with van der Waals surface area (Å²) in [7, 11) is 0. The van der Waals surface area contributed by atoms with E-state index in [9.17, 15) is 9.59 Å². The van der Waals surface area contributed by atoms with Crippen LogP contribution in [0.15, 0.2) is 48.7 Å². The Morgan fingerprint density at radius 3 is 1.71 bits per heavy atom. The third kappa shape index (κ3) is 9.64. The molecule has 45 heavy (non-hydrogen) atoms. The molecule has 3 aromatic heterocycles. The zero-order valence-electron chi connectivity index (χ0n) is 25.3. The van der Waals surface area contributed by atoms with Crippen LogP contribution in [0.5, 0.6) is 0 Å². The number of carbonyl (C=O) groups is 2. The van der Waals surface area contributed by atoms with Crippen LogP contribution in [0.4, 0.5) is 0 Å². The lowest BCUT2D eigenvalue weighted by Gasteiger charge is -2.06. The molecule has 0 aliphatic heterocycles. The minimum Gasteiger partial charge on any atom is -0.481 e. The lowest BCUT2D eigenvalue weighted by atomic mass is 10.00. The van der Waals surface area contributed by atoms with Crippen molar-refractivity contribution in [2.45, 2.75) is 40.5 Å². The summed E-state index contributed by atoms with van der Waals surface area (Å²) in [5.74, 6) is -0.445. The molecule has 0 amide bonds. The number of aliphatic carboxylic acids is 2. The van der Waals surface area contributed by atoms with E-state index in [1.54, 1.807) is 39.8 Å². The Hall–Kier alpha value is -5.72. The number of nitrogens with one attached hydrogen (secondary N) is 1. The molecule has 0 aliphatic carbocycles. The van der Waals surface area contributed by atoms with E-state index in [1.165, 1.54) is 0 Å². The largest absolute Gasteiger partial charge is 0.481 e. The molecule has 0 saturated heterocycles. The van der Waals surface area contributed by atoms with Crippen LogP contribution in [-0.2, 0) is 22.4 Å². The zero-order valence-corrected chi connectivity index (χ0v) is 25.3. The summed E-state index contributed by atoms with van der Waals surface area (Å²) in [6.07, 6.45) is 10.1. The maximum absolute atomic E-state index is 11.1. The average molecular weight is 608 g/mol. The van der Waals surface area contributed by atoms with Gasteiger partial charge < -0.3 is 15.2 Å². The normalized spacial score (nSPS) is 12.6. The molecule has 3 N–H and O–H groups in total. The van der Waals surface area contributed by atoms with Gasteiger partial charge in [0.2, 0.25) is 0 Å². The van der Waals surface area contributed by atoms with E-state index in [0.717, 1.165) is 33.2 Å². The number of hydrogen-bond donors (Lipinski definition) is 3. The van der Waals surface area contributed by atoms with Crippen LogP contribution in [0, 0.1) is 25.7 Å². The number of benzene rings is 2. The summed E-state index contributed by atoms with van der Waals surface area (Å²) in [6.45, 7) is 6.86. The van der Waals surface area contributed by atoms with Gasteiger partial charge in [0.25, 0.3) is 0 Å². The van der Waals surface area contributed by atoms with E-state index >= 15 is 0 Å². The first-order valence-electron chi connectivity index (χ1n) is 14.2. The molecule has 5 aromatic rings. The lowest BCUT2D eigenvalue weighted by molar-refractivity contribution is -0.142. The molecule has 0 bridgehead atoms. The van der Waals surface area contributed by atoms with Crippen molar-refractivity contribution < 1.29 is 19.8 Å². The highest BCUT2D eigenvalue weighted by molar-refractivity contribution is 5.87. The summed E-state index contributed by atoms with van der Waals surface area (Å²) in [5, 5.41) is 50.0. The Balaban J connectivity index is 0.000000207. The van der Waals surface area contributed by atoms with Crippen molar-refractivity contribution in [2.24, 2.45) is 11.8 Å². The molecule has 2 unspecified atom stereocenters. The molecule has 3 heterocycles. The fourth-order valence-corrected chi connectivity index (χ4v) is 4.14. The van der Waals surface area contributed by atoms with E-state index in [1.807, 2.05) is 60.8 Å². The molecule has 0 spiro atoms. The third-order valence-corrected chi connectivity index (χ3v) is 6.72. The van der Waals surface area contributed by atoms with Gasteiger partial charge in [0, 0.05) is 17.1 Å². The summed E-state index contributed by atoms with van der Waals surface area (Å²) in [5.41, 5.74) is 4.91. The zero-order chi connectivity index (χ0) is 32.3. The quantitative estimate of drug-likeness (QED) is 0.201. The van der Waals surface area contributed by atoms with Crippen molar-refractivity contribution >= 4 is 47.1 Å². The van der Waals surface area contributed by atoms with Crippen LogP contribution in [-0.4, -0.2) is 67.9 Å². The van der Waals surface area contributed by atoms with Crippen LogP contribution in [0.25, 0.3) is 35.2 Å². The van der Waals surface area contributed by atoms with E-state index < -0.39 is 17.9 Å². The fourth-order valence-electron chi connectivity index (χ4n) is 4.14. The molecule has 0 aliphatic rings. The Bertz CT molecular complexity index is 1800. The van der Waals surface area contributed by atoms with Gasteiger partial charge in [0.05, 0.1) is 11.8 Å². The predicted octanol–water partition coefficient (Wildman–Crippen LogP) is 4.50. The number of aromatic amines is 1. The van der Waals surface area contributed by atoms with Gasteiger partial charge in [-0.25, -0.2) is 0 Å². The number of aromatic nitrogens is 9. The van der Waals surface area contributed by atoms with Crippen LogP contribution in [0.3, 0.4) is 0 Å². The van der Waals surface area contributed by atoms with Gasteiger partial charge in [-0.1, -0.05) is 56.3 Å². The number of fused-ring (bicyclic) bond motifs is 1. The molecule has 13 nitrogen and oxygen atoms in total. The number of aryl methyl sites for hydroxylation is 2. The minimum absolute atomic E-state index is 0.385. The van der Waals surface area contributed by atoms with Crippen molar-refractivity contribution in [1.82, 2.24) is 45.8 Å². The second kappa shape index (κ2) is 15.1. The number of H-pyrrole nitrogens is 1. The summed E-state index contributed by atoms with van der Waals surface area (Å²) in [6, 6.07) is 13.6. The first-order valence-corrected chi connectivity index (χ1v) is 14.2. The Morgan fingerprint density at radius 2 is 1.18 bits per heavy atom. The van der Waals surface area contributed by atoms with Gasteiger partial charge in [0.1, 0.15) is 0 Å². The van der Waals surface area contributed by atoms with E-state index in [0.29, 0.717) is 36.1 Å². The molecular weight excluding hydrogens is 574 g/mol. The molecule has 13 heteroatoms. The first kappa shape index (κ1) is 32.2. The molecule has 0 radical (unpaired) electrons. The van der Waals surface area contributed by atoms with Crippen molar-refractivity contribution in [3.63, 3.8) is 0 Å². The van der Waals surface area contributed by atoms with Gasteiger partial charge in [-0.2, -0.15) is 0 Å². The number of carboxylic acid groups (broad SMARTS) is 2. The molecule has 5 rings (SSSR count). The Labute approximate surface area is 259 Å². The van der Waals surface area contributed by atoms with Gasteiger partial charge in [0.15, 0.2) is 23.3 Å². The number of carboxylic acids is 2. The van der Waals surface area contributed by atoms with Crippen molar-refractivity contribution in [3.8, 4) is 0 Å². The smallest absolute Gasteiger partial charge is 0.306 e. The Kier molecular flexibility index (Phi) is 10.8. The molecule has 2 aromatic carbocycles. The van der Waals surface area contributed by atoms with E-state index in [2.05, 4.69) is 45.8 Å². The lowest BCUT2D eigenvalue weighted by Crippen LogP contribution is -2.12. The number of rotatable bonds is 10. The fraction of sp³-hybridized carbons (Fsp3) is 0.250. The first-order chi connectivity index (χ1) is 21.6. The second-order valence-electron chi connectivity index (χ2n) is 10.5. The molecular formula is C32H33N9O4. The van der Waals surface area contributed by atoms with Crippen LogP contribution in [0.1, 0.15) is 59.4 Å². The van der Waals surface area contributed by atoms with Crippen LogP contribution < -0.4 is 0 Å². The summed E-state index contributed by atoms with van der Waals surface area (Å²) in [4.78, 5) is 25.1. The maximum Gasteiger partial charge on any atom is 0.306 e. The van der Waals surface area contributed by atoms with E-state index in [-0.39, 0.29) is 5.92 Å². The van der Waals surface area contributed by atoms with Gasteiger partial charge in [-0.15, -0.1) is 40.8 Å². The van der Waals surface area contributed by atoms with Crippen LogP contribution in [0.2, 0.25) is 0 Å². The maximum atomic E-state index is 11.1. The van der Waals surface area contributed by atoms with Crippen molar-refractivity contribution in [3.05, 3.63) is 94.2 Å². The summed E-state index contributed by atoms with van der Waals surface area (Å²) >= 11 is 0. The highest BCUT2D eigenvalue weighted by atomic mass is 16.4. The standard InChI is InChI=1S/C17H17N5O2.C15H16N4O2/c1-10(17(23)24)7-13-9-18-15-5-3-12(8-14(13)15)4-6-16-21-19-11(2)20-22-16;1-10(15(20)21)9-13-5-3-12(4-6-13)7-8-14-18-16-11(2)17-19-14/h3-6,8-10,18H,7H2,1-2H3,(H,23,24);3-8,10H,9H2,1-2H3,(H,20,21)/b6-4+;8-7+. The van der Waals surface area contributed by atoms with Crippen molar-refractivity contribution in [2.75, 3.05) is 0 Å².